The number of aliphatic hydroxyl groups excluding tert-OH is 1. The zero-order valence-electron chi connectivity index (χ0n) is 19.8. The number of carbonyl (C=O) groups excluding carboxylic acids is 1. The van der Waals surface area contributed by atoms with Crippen molar-refractivity contribution in [3.63, 3.8) is 0 Å². The molecule has 0 aliphatic carbocycles. The summed E-state index contributed by atoms with van der Waals surface area (Å²) in [5.41, 5.74) is 7.97. The predicted molar refractivity (Wildman–Crippen MR) is 137 cm³/mol. The maximum Gasteiger partial charge on any atom is 0.261 e. The quantitative estimate of drug-likeness (QED) is 0.481. The molecule has 3 aromatic rings. The molecule has 7 heteroatoms. The van der Waals surface area contributed by atoms with Crippen LogP contribution in [0.3, 0.4) is 0 Å². The van der Waals surface area contributed by atoms with Gasteiger partial charge in [-0.1, -0.05) is 30.3 Å². The Morgan fingerprint density at radius 1 is 1.15 bits per heavy atom. The lowest BCUT2D eigenvalue weighted by Gasteiger charge is -2.34. The van der Waals surface area contributed by atoms with E-state index < -0.39 is 0 Å². The molecule has 0 spiro atoms. The Morgan fingerprint density at radius 2 is 1.97 bits per heavy atom. The molecular formula is C27H31N5O2. The van der Waals surface area contributed by atoms with Crippen LogP contribution in [-0.2, 0) is 19.6 Å². The van der Waals surface area contributed by atoms with Crippen LogP contribution in [0.5, 0.6) is 0 Å². The molecule has 0 radical (unpaired) electrons. The van der Waals surface area contributed by atoms with E-state index in [1.807, 2.05) is 19.2 Å². The van der Waals surface area contributed by atoms with Crippen LogP contribution in [0.2, 0.25) is 0 Å². The number of hydrogen-bond acceptors (Lipinski definition) is 6. The number of fused-ring (bicyclic) bond motifs is 2. The molecule has 2 aromatic carbocycles. The number of carbonyl (C=O) groups is 1. The van der Waals surface area contributed by atoms with Crippen molar-refractivity contribution in [2.45, 2.75) is 26.5 Å². The fourth-order valence-corrected chi connectivity index (χ4v) is 4.80. The normalized spacial score (nSPS) is 14.2. The molecular weight excluding hydrogens is 426 g/mol. The van der Waals surface area contributed by atoms with E-state index in [1.165, 1.54) is 16.8 Å². The van der Waals surface area contributed by atoms with E-state index in [-0.39, 0.29) is 12.5 Å². The first-order valence-corrected chi connectivity index (χ1v) is 11.9. The topological polar surface area (TPSA) is 80.7 Å². The van der Waals surface area contributed by atoms with Gasteiger partial charge in [-0.05, 0) is 55.3 Å². The zero-order chi connectivity index (χ0) is 23.7. The van der Waals surface area contributed by atoms with Gasteiger partial charge in [0, 0.05) is 44.0 Å². The number of rotatable bonds is 8. The molecule has 2 aliphatic heterocycles. The third-order valence-corrected chi connectivity index (χ3v) is 6.78. The number of likely N-dealkylation sites (N-methyl/N-ethyl adjacent to an activating group) is 2. The number of hydrogen-bond donors (Lipinski definition) is 3. The summed E-state index contributed by atoms with van der Waals surface area (Å²) < 4.78 is 0. The summed E-state index contributed by atoms with van der Waals surface area (Å²) in [6.45, 7) is 6.50. The third kappa shape index (κ3) is 4.13. The first-order valence-electron chi connectivity index (χ1n) is 11.9. The smallest absolute Gasteiger partial charge is 0.261 e. The third-order valence-electron chi connectivity index (χ3n) is 6.78. The van der Waals surface area contributed by atoms with Gasteiger partial charge in [0.05, 0.1) is 18.0 Å². The van der Waals surface area contributed by atoms with Gasteiger partial charge in [-0.3, -0.25) is 4.79 Å². The van der Waals surface area contributed by atoms with E-state index in [2.05, 4.69) is 63.8 Å². The highest BCUT2D eigenvalue weighted by molar-refractivity contribution is 6.21. The number of nitrogens with one attached hydrogen (secondary N) is 2. The number of aromatic nitrogens is 1. The highest BCUT2D eigenvalue weighted by Crippen LogP contribution is 2.38. The van der Waals surface area contributed by atoms with Crippen molar-refractivity contribution < 1.29 is 9.90 Å². The summed E-state index contributed by atoms with van der Waals surface area (Å²) in [7, 11) is 1.97. The molecule has 0 fully saturated rings. The summed E-state index contributed by atoms with van der Waals surface area (Å²) in [6, 6.07) is 16.6. The van der Waals surface area contributed by atoms with Crippen LogP contribution < -0.4 is 20.4 Å². The standard InChI is InChI=1S/C27H31N5O2/c1-3-31(13-11-28-2)22-8-6-20(7-9-22)23-15-24-25(27(34)30-24)26(29-23)32-12-10-19-5-4-18(17-33)14-21(19)16-32/h4-9,14-15,28,33H,3,10-13,16-17H2,1-2H3,(H,30,34). The van der Waals surface area contributed by atoms with Crippen LogP contribution >= 0.6 is 0 Å². The Kier molecular flexibility index (Phi) is 6.22. The second-order valence-electron chi connectivity index (χ2n) is 8.87. The van der Waals surface area contributed by atoms with Gasteiger partial charge in [0.1, 0.15) is 11.4 Å². The molecule has 1 aromatic heterocycles. The van der Waals surface area contributed by atoms with Gasteiger partial charge in [-0.15, -0.1) is 0 Å². The Morgan fingerprint density at radius 3 is 2.68 bits per heavy atom. The SMILES string of the molecule is CCN(CCNC)c1ccc(-c2cc3c(c(N4CCc5ccc(CO)cc5C4)n2)C(=O)N3)cc1. The number of nitrogens with zero attached hydrogens (tertiary/aromatic N) is 3. The fraction of sp³-hybridized carbons (Fsp3) is 0.333. The highest BCUT2D eigenvalue weighted by Gasteiger charge is 2.32. The summed E-state index contributed by atoms with van der Waals surface area (Å²) in [5, 5.41) is 15.7. The lowest BCUT2D eigenvalue weighted by atomic mass is 9.96. The monoisotopic (exact) mass is 457 g/mol. The number of anilines is 3. The fourth-order valence-electron chi connectivity index (χ4n) is 4.80. The van der Waals surface area contributed by atoms with Crippen molar-refractivity contribution in [1.82, 2.24) is 10.3 Å². The minimum atomic E-state index is -0.0718. The lowest BCUT2D eigenvalue weighted by Crippen LogP contribution is -2.36. The van der Waals surface area contributed by atoms with Gasteiger partial charge in [0.15, 0.2) is 0 Å². The van der Waals surface area contributed by atoms with Gasteiger partial charge in [0.25, 0.3) is 5.91 Å². The number of pyridine rings is 1. The second kappa shape index (κ2) is 9.44. The van der Waals surface area contributed by atoms with Crippen LogP contribution in [0.1, 0.15) is 34.0 Å². The van der Waals surface area contributed by atoms with E-state index in [0.29, 0.717) is 12.1 Å². The second-order valence-corrected chi connectivity index (χ2v) is 8.87. The Bertz CT molecular complexity index is 1210. The lowest BCUT2D eigenvalue weighted by molar-refractivity contribution is 0.101. The molecule has 2 aliphatic rings. The zero-order valence-corrected chi connectivity index (χ0v) is 19.8. The molecule has 1 amide bonds. The van der Waals surface area contributed by atoms with Gasteiger partial charge < -0.3 is 25.5 Å². The molecule has 0 saturated carbocycles. The summed E-state index contributed by atoms with van der Waals surface area (Å²) in [4.78, 5) is 21.9. The summed E-state index contributed by atoms with van der Waals surface area (Å²) in [6.07, 6.45) is 0.886. The van der Waals surface area contributed by atoms with E-state index in [9.17, 15) is 9.90 Å². The molecule has 0 unspecified atom stereocenters. The highest BCUT2D eigenvalue weighted by atomic mass is 16.3. The van der Waals surface area contributed by atoms with Crippen LogP contribution in [0, 0.1) is 0 Å². The molecule has 0 saturated heterocycles. The summed E-state index contributed by atoms with van der Waals surface area (Å²) >= 11 is 0. The molecule has 3 N–H and O–H groups in total. The van der Waals surface area contributed by atoms with Crippen molar-refractivity contribution in [3.8, 4) is 11.3 Å². The van der Waals surface area contributed by atoms with Crippen molar-refractivity contribution in [1.29, 1.82) is 0 Å². The molecule has 3 heterocycles. The van der Waals surface area contributed by atoms with Crippen LogP contribution in [-0.4, -0.2) is 49.2 Å². The van der Waals surface area contributed by atoms with Crippen LogP contribution in [0.4, 0.5) is 17.2 Å². The molecule has 34 heavy (non-hydrogen) atoms. The Balaban J connectivity index is 1.45. The number of aliphatic hydroxyl groups is 1. The first-order chi connectivity index (χ1) is 16.6. The van der Waals surface area contributed by atoms with Crippen molar-refractivity contribution in [2.75, 3.05) is 48.3 Å². The summed E-state index contributed by atoms with van der Waals surface area (Å²) in [5.74, 6) is 0.669. The molecule has 7 nitrogen and oxygen atoms in total. The van der Waals surface area contributed by atoms with Gasteiger partial charge in [0.2, 0.25) is 0 Å². The number of amides is 1. The molecule has 0 bridgehead atoms. The molecule has 0 atom stereocenters. The molecule has 176 valence electrons. The average molecular weight is 458 g/mol. The predicted octanol–water partition coefficient (Wildman–Crippen LogP) is 3.42. The maximum atomic E-state index is 12.4. The van der Waals surface area contributed by atoms with Crippen molar-refractivity contribution in [2.24, 2.45) is 0 Å². The molecule has 5 rings (SSSR count). The minimum Gasteiger partial charge on any atom is -0.392 e. The number of benzene rings is 2. The van der Waals surface area contributed by atoms with E-state index >= 15 is 0 Å². The minimum absolute atomic E-state index is 0.0270. The van der Waals surface area contributed by atoms with Crippen LogP contribution in [0.25, 0.3) is 11.3 Å². The Hall–Kier alpha value is -3.42. The Labute approximate surface area is 200 Å². The van der Waals surface area contributed by atoms with Crippen molar-refractivity contribution >= 4 is 23.1 Å². The van der Waals surface area contributed by atoms with E-state index in [1.54, 1.807) is 0 Å². The van der Waals surface area contributed by atoms with Gasteiger partial charge in [-0.2, -0.15) is 0 Å². The largest absolute Gasteiger partial charge is 0.392 e. The van der Waals surface area contributed by atoms with Gasteiger partial charge in [-0.25, -0.2) is 4.98 Å². The maximum absolute atomic E-state index is 12.4. The van der Waals surface area contributed by atoms with E-state index in [0.717, 1.165) is 60.9 Å². The van der Waals surface area contributed by atoms with Crippen LogP contribution in [0.15, 0.2) is 48.5 Å². The first kappa shape index (κ1) is 22.4. The van der Waals surface area contributed by atoms with Gasteiger partial charge >= 0.3 is 0 Å². The van der Waals surface area contributed by atoms with E-state index in [4.69, 9.17) is 4.98 Å². The average Bonchev–Trinajstić information content (AvgIpc) is 2.87. The van der Waals surface area contributed by atoms with Crippen molar-refractivity contribution in [3.05, 3.63) is 70.8 Å².